The smallest absolute Gasteiger partial charge is 0.138 e. The number of nitrogens with one attached hydrogen (secondary N) is 2. The summed E-state index contributed by atoms with van der Waals surface area (Å²) in [5.74, 6) is 0.885. The average molecular weight is 337 g/mol. The molecule has 25 heavy (non-hydrogen) atoms. The number of rotatable bonds is 5. The summed E-state index contributed by atoms with van der Waals surface area (Å²) in [5.41, 5.74) is 10.4. The van der Waals surface area contributed by atoms with Gasteiger partial charge < -0.3 is 16.0 Å². The molecule has 0 aromatic carbocycles. The fourth-order valence-electron chi connectivity index (χ4n) is 3.53. The van der Waals surface area contributed by atoms with Gasteiger partial charge >= 0.3 is 0 Å². The second kappa shape index (κ2) is 6.33. The Morgan fingerprint density at radius 1 is 1.36 bits per heavy atom. The summed E-state index contributed by atoms with van der Waals surface area (Å²) in [6, 6.07) is 2.22. The third-order valence-corrected chi connectivity index (χ3v) is 4.83. The van der Waals surface area contributed by atoms with Gasteiger partial charge in [-0.3, -0.25) is 5.01 Å². The number of nitrogens with two attached hydrogens (primary N) is 1. The van der Waals surface area contributed by atoms with Gasteiger partial charge in [-0.15, -0.1) is 0 Å². The molecule has 0 amide bonds. The van der Waals surface area contributed by atoms with Crippen LogP contribution in [0.15, 0.2) is 23.6 Å². The fourth-order valence-corrected chi connectivity index (χ4v) is 3.53. The molecule has 4 heterocycles. The lowest BCUT2D eigenvalue weighted by Gasteiger charge is -2.10. The van der Waals surface area contributed by atoms with Crippen LogP contribution in [0.1, 0.15) is 23.5 Å². The second-order valence-electron chi connectivity index (χ2n) is 6.62. The Labute approximate surface area is 146 Å². The van der Waals surface area contributed by atoms with Crippen LogP contribution in [-0.2, 0) is 6.42 Å². The van der Waals surface area contributed by atoms with E-state index in [0.717, 1.165) is 53.4 Å². The van der Waals surface area contributed by atoms with Crippen molar-refractivity contribution in [3.8, 4) is 0 Å². The van der Waals surface area contributed by atoms with Gasteiger partial charge in [-0.05, 0) is 38.1 Å². The Balaban J connectivity index is 1.83. The predicted octanol–water partition coefficient (Wildman–Crippen LogP) is 1.86. The Morgan fingerprint density at radius 3 is 3.00 bits per heavy atom. The molecule has 0 radical (unpaired) electrons. The molecule has 7 nitrogen and oxygen atoms in total. The number of aromatic amines is 1. The highest BCUT2D eigenvalue weighted by Gasteiger charge is 2.19. The molecule has 4 N–H and O–H groups in total. The van der Waals surface area contributed by atoms with E-state index in [1.165, 1.54) is 5.56 Å². The Morgan fingerprint density at radius 2 is 2.24 bits per heavy atom. The molecule has 3 aromatic heterocycles. The lowest BCUT2D eigenvalue weighted by Crippen LogP contribution is -2.12. The number of nitrogens with zero attached hydrogens (tertiary/aromatic N) is 4. The minimum absolute atomic E-state index is 0.277. The standard InChI is InChI=1S/C18H23N7/c1-20-5-3-4-13-16-14-6-11(12-8-23-25(2)10-12)7-22-18(14)24-15(16)9-21-17(13)19/h6-9,12,20H,3-5,10H2,1-2H3,(H2,19,21)(H,22,24). The van der Waals surface area contributed by atoms with Crippen LogP contribution < -0.4 is 11.1 Å². The lowest BCUT2D eigenvalue weighted by atomic mass is 9.99. The van der Waals surface area contributed by atoms with Crippen molar-refractivity contribution < 1.29 is 0 Å². The number of aromatic nitrogens is 3. The molecule has 1 atom stereocenters. The van der Waals surface area contributed by atoms with E-state index < -0.39 is 0 Å². The molecule has 130 valence electrons. The van der Waals surface area contributed by atoms with Crippen LogP contribution in [0.4, 0.5) is 5.82 Å². The highest BCUT2D eigenvalue weighted by Crippen LogP contribution is 2.32. The summed E-state index contributed by atoms with van der Waals surface area (Å²) >= 11 is 0. The van der Waals surface area contributed by atoms with Gasteiger partial charge in [-0.25, -0.2) is 9.97 Å². The molecule has 4 rings (SSSR count). The first-order valence-corrected chi connectivity index (χ1v) is 8.62. The quantitative estimate of drug-likeness (QED) is 0.618. The van der Waals surface area contributed by atoms with Gasteiger partial charge in [0, 0.05) is 48.3 Å². The summed E-state index contributed by atoms with van der Waals surface area (Å²) in [4.78, 5) is 12.4. The summed E-state index contributed by atoms with van der Waals surface area (Å²) in [6.07, 6.45) is 7.63. The molecule has 3 aromatic rings. The first-order chi connectivity index (χ1) is 12.2. The maximum absolute atomic E-state index is 6.20. The van der Waals surface area contributed by atoms with E-state index in [2.05, 4.69) is 31.4 Å². The van der Waals surface area contributed by atoms with Crippen molar-refractivity contribution in [2.24, 2.45) is 5.10 Å². The summed E-state index contributed by atoms with van der Waals surface area (Å²) < 4.78 is 0. The van der Waals surface area contributed by atoms with Crippen LogP contribution in [0, 0.1) is 0 Å². The number of fused-ring (bicyclic) bond motifs is 3. The van der Waals surface area contributed by atoms with E-state index in [4.69, 9.17) is 5.73 Å². The van der Waals surface area contributed by atoms with Crippen molar-refractivity contribution in [3.05, 3.63) is 29.6 Å². The average Bonchev–Trinajstić information content (AvgIpc) is 3.20. The zero-order chi connectivity index (χ0) is 17.4. The molecular weight excluding hydrogens is 314 g/mol. The number of anilines is 1. The molecule has 0 aliphatic carbocycles. The number of hydrogen-bond acceptors (Lipinski definition) is 6. The van der Waals surface area contributed by atoms with E-state index in [1.807, 2.05) is 31.5 Å². The van der Waals surface area contributed by atoms with E-state index in [0.29, 0.717) is 5.82 Å². The molecule has 0 saturated carbocycles. The van der Waals surface area contributed by atoms with Crippen molar-refractivity contribution in [3.63, 3.8) is 0 Å². The van der Waals surface area contributed by atoms with Gasteiger partial charge in [-0.2, -0.15) is 5.10 Å². The van der Waals surface area contributed by atoms with Gasteiger partial charge in [0.1, 0.15) is 11.5 Å². The third kappa shape index (κ3) is 2.80. The maximum atomic E-state index is 6.20. The number of hydrogen-bond donors (Lipinski definition) is 3. The SMILES string of the molecule is CNCCCc1c(N)ncc2[nH]c3ncc(C4C=NN(C)C4)cc3c12. The van der Waals surface area contributed by atoms with Crippen LogP contribution in [-0.4, -0.2) is 53.4 Å². The minimum Gasteiger partial charge on any atom is -0.383 e. The number of aryl methyl sites for hydroxylation is 1. The normalized spacial score (nSPS) is 17.2. The molecule has 1 unspecified atom stereocenters. The van der Waals surface area contributed by atoms with Crippen LogP contribution >= 0.6 is 0 Å². The first-order valence-electron chi connectivity index (χ1n) is 8.62. The summed E-state index contributed by atoms with van der Waals surface area (Å²) in [6.45, 7) is 1.83. The number of hydrazone groups is 1. The van der Waals surface area contributed by atoms with E-state index in [-0.39, 0.29) is 5.92 Å². The van der Waals surface area contributed by atoms with Gasteiger partial charge in [0.25, 0.3) is 0 Å². The van der Waals surface area contributed by atoms with Crippen LogP contribution in [0.25, 0.3) is 21.9 Å². The van der Waals surface area contributed by atoms with Crippen molar-refractivity contribution in [2.75, 3.05) is 32.9 Å². The van der Waals surface area contributed by atoms with Crippen molar-refractivity contribution in [1.82, 2.24) is 25.3 Å². The molecule has 1 aliphatic heterocycles. The van der Waals surface area contributed by atoms with Gasteiger partial charge in [-0.1, -0.05) is 0 Å². The summed E-state index contributed by atoms with van der Waals surface area (Å²) in [7, 11) is 3.95. The zero-order valence-corrected chi connectivity index (χ0v) is 14.6. The topological polar surface area (TPSA) is 95.2 Å². The molecule has 0 bridgehead atoms. The Hall–Kier alpha value is -2.67. The van der Waals surface area contributed by atoms with E-state index >= 15 is 0 Å². The van der Waals surface area contributed by atoms with Crippen LogP contribution in [0.3, 0.4) is 0 Å². The number of pyridine rings is 2. The van der Waals surface area contributed by atoms with Crippen LogP contribution in [0.5, 0.6) is 0 Å². The zero-order valence-electron chi connectivity index (χ0n) is 14.6. The minimum atomic E-state index is 0.277. The lowest BCUT2D eigenvalue weighted by molar-refractivity contribution is 0.381. The monoisotopic (exact) mass is 337 g/mol. The van der Waals surface area contributed by atoms with E-state index in [9.17, 15) is 0 Å². The van der Waals surface area contributed by atoms with Gasteiger partial charge in [0.2, 0.25) is 0 Å². The third-order valence-electron chi connectivity index (χ3n) is 4.83. The van der Waals surface area contributed by atoms with Gasteiger partial charge in [0.15, 0.2) is 0 Å². The largest absolute Gasteiger partial charge is 0.383 e. The highest BCUT2D eigenvalue weighted by molar-refractivity contribution is 6.08. The Kier molecular flexibility index (Phi) is 4.01. The molecule has 7 heteroatoms. The maximum Gasteiger partial charge on any atom is 0.138 e. The second-order valence-corrected chi connectivity index (χ2v) is 6.62. The summed E-state index contributed by atoms with van der Waals surface area (Å²) in [5, 5.41) is 11.7. The van der Waals surface area contributed by atoms with Crippen molar-refractivity contribution >= 4 is 34.0 Å². The predicted molar refractivity (Wildman–Crippen MR) is 102 cm³/mol. The van der Waals surface area contributed by atoms with Crippen molar-refractivity contribution in [1.29, 1.82) is 0 Å². The molecule has 1 aliphatic rings. The molecule has 0 saturated heterocycles. The number of H-pyrrole nitrogens is 1. The fraction of sp³-hybridized carbons (Fsp3) is 0.389. The molecular formula is C18H23N7. The first kappa shape index (κ1) is 15.8. The molecule has 0 fully saturated rings. The Bertz CT molecular complexity index is 943. The van der Waals surface area contributed by atoms with E-state index in [1.54, 1.807) is 6.20 Å². The van der Waals surface area contributed by atoms with Crippen LogP contribution in [0.2, 0.25) is 0 Å². The highest BCUT2D eigenvalue weighted by atomic mass is 15.4. The number of nitrogen functional groups attached to an aromatic ring is 1. The number of likely N-dealkylation sites (N-methyl/N-ethyl adjacent to an activating group) is 1. The van der Waals surface area contributed by atoms with Gasteiger partial charge in [0.05, 0.1) is 11.7 Å². The van der Waals surface area contributed by atoms with Crippen molar-refractivity contribution in [2.45, 2.75) is 18.8 Å². The molecule has 0 spiro atoms.